The molecule has 0 aliphatic carbocycles. The Labute approximate surface area is 143 Å². The molecule has 1 aromatic carbocycles. The van der Waals surface area contributed by atoms with Gasteiger partial charge in [0.2, 0.25) is 5.91 Å². The number of nitrogens with one attached hydrogen (secondary N) is 2. The van der Waals surface area contributed by atoms with Gasteiger partial charge in [0.1, 0.15) is 6.04 Å². The van der Waals surface area contributed by atoms with Crippen LogP contribution in [-0.2, 0) is 9.59 Å². The highest BCUT2D eigenvalue weighted by atomic mass is 19.2. The lowest BCUT2D eigenvalue weighted by molar-refractivity contribution is -0.132. The lowest BCUT2D eigenvalue weighted by Crippen LogP contribution is -2.39. The maximum absolute atomic E-state index is 13.3. The summed E-state index contributed by atoms with van der Waals surface area (Å²) in [5.41, 5.74) is 0.747. The average Bonchev–Trinajstić information content (AvgIpc) is 2.93. The van der Waals surface area contributed by atoms with Crippen molar-refractivity contribution in [3.8, 4) is 0 Å². The number of likely N-dealkylation sites (tertiary alicyclic amines) is 1. The number of imide groups is 1. The fourth-order valence-corrected chi connectivity index (χ4v) is 3.32. The van der Waals surface area contributed by atoms with Crippen LogP contribution in [0.4, 0.5) is 13.6 Å². The summed E-state index contributed by atoms with van der Waals surface area (Å²) in [6.45, 7) is 1.07. The van der Waals surface area contributed by atoms with E-state index in [9.17, 15) is 23.2 Å². The van der Waals surface area contributed by atoms with Crippen molar-refractivity contribution in [3.05, 3.63) is 35.4 Å². The zero-order chi connectivity index (χ0) is 18.0. The Morgan fingerprint density at radius 1 is 1.16 bits per heavy atom. The SMILES string of the molecule is O=C1NC(=O)[C@@H](CCC(=O)N2CCC(c3ccc(F)c(F)c3)CC2)N1. The molecule has 3 rings (SSSR count). The Morgan fingerprint density at radius 3 is 2.48 bits per heavy atom. The van der Waals surface area contributed by atoms with Crippen molar-refractivity contribution in [3.63, 3.8) is 0 Å². The second-order valence-electron chi connectivity index (χ2n) is 6.38. The van der Waals surface area contributed by atoms with Gasteiger partial charge in [-0.1, -0.05) is 6.07 Å². The van der Waals surface area contributed by atoms with Gasteiger partial charge in [-0.05, 0) is 42.9 Å². The normalized spacial score (nSPS) is 21.2. The minimum absolute atomic E-state index is 0.0716. The van der Waals surface area contributed by atoms with Gasteiger partial charge in [-0.25, -0.2) is 13.6 Å². The van der Waals surface area contributed by atoms with E-state index in [2.05, 4.69) is 10.6 Å². The molecule has 2 fully saturated rings. The third-order valence-electron chi connectivity index (χ3n) is 4.77. The lowest BCUT2D eigenvalue weighted by atomic mass is 9.89. The second kappa shape index (κ2) is 7.16. The van der Waals surface area contributed by atoms with E-state index < -0.39 is 29.6 Å². The molecule has 2 aliphatic rings. The third kappa shape index (κ3) is 3.94. The summed E-state index contributed by atoms with van der Waals surface area (Å²) in [5.74, 6) is -2.10. The first-order chi connectivity index (χ1) is 11.9. The van der Waals surface area contributed by atoms with Gasteiger partial charge < -0.3 is 10.2 Å². The topological polar surface area (TPSA) is 78.5 Å². The van der Waals surface area contributed by atoms with Crippen LogP contribution in [0.25, 0.3) is 0 Å². The predicted octanol–water partition coefficient (Wildman–Crippen LogP) is 1.66. The molecule has 2 heterocycles. The number of hydrogen-bond acceptors (Lipinski definition) is 3. The predicted molar refractivity (Wildman–Crippen MR) is 84.6 cm³/mol. The zero-order valence-corrected chi connectivity index (χ0v) is 13.6. The van der Waals surface area contributed by atoms with Crippen LogP contribution < -0.4 is 10.6 Å². The number of piperidine rings is 1. The molecule has 0 saturated carbocycles. The quantitative estimate of drug-likeness (QED) is 0.810. The summed E-state index contributed by atoms with van der Waals surface area (Å²) in [4.78, 5) is 36.5. The number of benzene rings is 1. The molecule has 0 bridgehead atoms. The Bertz CT molecular complexity index is 702. The Hall–Kier alpha value is -2.51. The van der Waals surface area contributed by atoms with Gasteiger partial charge in [-0.3, -0.25) is 14.9 Å². The molecular weight excluding hydrogens is 332 g/mol. The van der Waals surface area contributed by atoms with E-state index in [-0.39, 0.29) is 24.7 Å². The summed E-state index contributed by atoms with van der Waals surface area (Å²) >= 11 is 0. The van der Waals surface area contributed by atoms with E-state index in [4.69, 9.17) is 0 Å². The van der Waals surface area contributed by atoms with Crippen molar-refractivity contribution in [1.82, 2.24) is 15.5 Å². The molecule has 2 saturated heterocycles. The van der Waals surface area contributed by atoms with Crippen LogP contribution in [0.2, 0.25) is 0 Å². The van der Waals surface area contributed by atoms with Gasteiger partial charge in [0, 0.05) is 19.5 Å². The van der Waals surface area contributed by atoms with Gasteiger partial charge in [0.15, 0.2) is 11.6 Å². The monoisotopic (exact) mass is 351 g/mol. The minimum Gasteiger partial charge on any atom is -0.343 e. The zero-order valence-electron chi connectivity index (χ0n) is 13.6. The summed E-state index contributed by atoms with van der Waals surface area (Å²) in [6, 6.07) is 2.75. The van der Waals surface area contributed by atoms with E-state index in [0.29, 0.717) is 25.9 Å². The van der Waals surface area contributed by atoms with Crippen LogP contribution in [0.1, 0.15) is 37.2 Å². The first-order valence-corrected chi connectivity index (χ1v) is 8.28. The van der Waals surface area contributed by atoms with Crippen molar-refractivity contribution < 1.29 is 23.2 Å². The fraction of sp³-hybridized carbons (Fsp3) is 0.471. The Balaban J connectivity index is 1.48. The highest BCUT2D eigenvalue weighted by molar-refractivity contribution is 6.04. The molecule has 0 unspecified atom stereocenters. The van der Waals surface area contributed by atoms with Crippen LogP contribution in [0.15, 0.2) is 18.2 Å². The first-order valence-electron chi connectivity index (χ1n) is 8.28. The number of hydrogen-bond donors (Lipinski definition) is 2. The van der Waals surface area contributed by atoms with Crippen molar-refractivity contribution >= 4 is 17.8 Å². The third-order valence-corrected chi connectivity index (χ3v) is 4.77. The molecule has 1 aromatic rings. The number of urea groups is 1. The van der Waals surface area contributed by atoms with Gasteiger partial charge in [-0.15, -0.1) is 0 Å². The van der Waals surface area contributed by atoms with Crippen LogP contribution in [0.3, 0.4) is 0 Å². The molecule has 25 heavy (non-hydrogen) atoms. The summed E-state index contributed by atoms with van der Waals surface area (Å²) in [7, 11) is 0. The number of carbonyl (C=O) groups excluding carboxylic acids is 3. The Kier molecular flexibility index (Phi) is 4.96. The molecule has 2 N–H and O–H groups in total. The average molecular weight is 351 g/mol. The molecule has 6 nitrogen and oxygen atoms in total. The highest BCUT2D eigenvalue weighted by Gasteiger charge is 2.31. The summed E-state index contributed by atoms with van der Waals surface area (Å²) < 4.78 is 26.4. The number of amides is 4. The smallest absolute Gasteiger partial charge is 0.322 e. The van der Waals surface area contributed by atoms with Crippen molar-refractivity contribution in [2.75, 3.05) is 13.1 Å². The lowest BCUT2D eigenvalue weighted by Gasteiger charge is -2.32. The van der Waals surface area contributed by atoms with E-state index >= 15 is 0 Å². The van der Waals surface area contributed by atoms with Crippen LogP contribution >= 0.6 is 0 Å². The summed E-state index contributed by atoms with van der Waals surface area (Å²) in [5, 5.41) is 4.60. The van der Waals surface area contributed by atoms with Gasteiger partial charge in [0.25, 0.3) is 5.91 Å². The molecule has 134 valence electrons. The molecule has 0 radical (unpaired) electrons. The molecular formula is C17H19F2N3O3. The summed E-state index contributed by atoms with van der Waals surface area (Å²) in [6.07, 6.45) is 1.79. The van der Waals surface area contributed by atoms with Gasteiger partial charge >= 0.3 is 6.03 Å². The van der Waals surface area contributed by atoms with E-state index in [0.717, 1.165) is 11.6 Å². The molecule has 0 aromatic heterocycles. The molecule has 4 amide bonds. The van der Waals surface area contributed by atoms with Crippen LogP contribution in [-0.4, -0.2) is 41.9 Å². The Morgan fingerprint density at radius 2 is 1.88 bits per heavy atom. The maximum atomic E-state index is 13.3. The van der Waals surface area contributed by atoms with Crippen LogP contribution in [0.5, 0.6) is 0 Å². The largest absolute Gasteiger partial charge is 0.343 e. The second-order valence-corrected chi connectivity index (χ2v) is 6.38. The maximum Gasteiger partial charge on any atom is 0.322 e. The van der Waals surface area contributed by atoms with Crippen molar-refractivity contribution in [1.29, 1.82) is 0 Å². The van der Waals surface area contributed by atoms with Gasteiger partial charge in [-0.2, -0.15) is 0 Å². The van der Waals surface area contributed by atoms with E-state index in [1.54, 1.807) is 11.0 Å². The molecule has 2 aliphatic heterocycles. The molecule has 8 heteroatoms. The number of nitrogens with zero attached hydrogens (tertiary/aromatic N) is 1. The standard InChI is InChI=1S/C17H19F2N3O3/c18-12-2-1-11(9-13(12)19)10-5-7-22(8-6-10)15(23)4-3-14-16(24)21-17(25)20-14/h1-2,9-10,14H,3-8H2,(H2,20,21,24,25)/t14-/m1/s1. The number of carbonyl (C=O) groups is 3. The van der Waals surface area contributed by atoms with Crippen molar-refractivity contribution in [2.24, 2.45) is 0 Å². The molecule has 1 atom stereocenters. The number of rotatable bonds is 4. The van der Waals surface area contributed by atoms with E-state index in [1.807, 2.05) is 0 Å². The van der Waals surface area contributed by atoms with Crippen molar-refractivity contribution in [2.45, 2.75) is 37.6 Å². The number of halogens is 2. The fourth-order valence-electron chi connectivity index (χ4n) is 3.32. The first kappa shape index (κ1) is 17.3. The molecule has 0 spiro atoms. The minimum atomic E-state index is -0.862. The van der Waals surface area contributed by atoms with E-state index in [1.165, 1.54) is 6.07 Å². The van der Waals surface area contributed by atoms with Crippen LogP contribution in [0, 0.1) is 11.6 Å². The van der Waals surface area contributed by atoms with Gasteiger partial charge in [0.05, 0.1) is 0 Å². The highest BCUT2D eigenvalue weighted by Crippen LogP contribution is 2.29.